The van der Waals surface area contributed by atoms with Crippen LogP contribution < -0.4 is 0 Å². The number of hydrogen-bond donors (Lipinski definition) is 2. The van der Waals surface area contributed by atoms with Crippen molar-refractivity contribution in [1.29, 1.82) is 0 Å². The number of nitrogens with zero attached hydrogens (tertiary/aromatic N) is 1. The van der Waals surface area contributed by atoms with E-state index in [0.29, 0.717) is 19.1 Å². The highest BCUT2D eigenvalue weighted by Crippen LogP contribution is 2.18. The molecule has 0 saturated heterocycles. The third kappa shape index (κ3) is 5.80. The smallest absolute Gasteiger partial charge is 0.335 e. The molecule has 2 N–H and O–H groups in total. The van der Waals surface area contributed by atoms with Crippen molar-refractivity contribution in [1.82, 2.24) is 5.06 Å². The monoisotopic (exact) mass is 275 g/mol. The molecule has 110 valence electrons. The minimum absolute atomic E-state index is 0.316. The van der Waals surface area contributed by atoms with Gasteiger partial charge < -0.3 is 15.0 Å². The maximum Gasteiger partial charge on any atom is 0.335 e. The molecule has 0 fully saturated rings. The lowest BCUT2D eigenvalue weighted by molar-refractivity contribution is -0.264. The van der Waals surface area contributed by atoms with Gasteiger partial charge in [0, 0.05) is 0 Å². The van der Waals surface area contributed by atoms with Crippen LogP contribution in [0, 0.1) is 0 Å². The van der Waals surface area contributed by atoms with Crippen LogP contribution in [0.4, 0.5) is 0 Å². The van der Waals surface area contributed by atoms with E-state index >= 15 is 0 Å². The maximum absolute atomic E-state index is 11.1. The van der Waals surface area contributed by atoms with Gasteiger partial charge in [-0.1, -0.05) is 13.3 Å². The molecule has 1 unspecified atom stereocenters. The fourth-order valence-electron chi connectivity index (χ4n) is 1.50. The molecule has 7 heteroatoms. The van der Waals surface area contributed by atoms with E-state index in [4.69, 9.17) is 15.1 Å². The molecule has 0 radical (unpaired) electrons. The van der Waals surface area contributed by atoms with Crippen molar-refractivity contribution in [2.24, 2.45) is 0 Å². The van der Waals surface area contributed by atoms with Crippen molar-refractivity contribution < 1.29 is 29.4 Å². The molecule has 1 atom stereocenters. The van der Waals surface area contributed by atoms with Crippen LogP contribution in [-0.4, -0.2) is 51.2 Å². The first-order valence-corrected chi connectivity index (χ1v) is 6.02. The van der Waals surface area contributed by atoms with Gasteiger partial charge in [-0.05, 0) is 27.2 Å². The molecular formula is C12H21NO6. The first-order valence-electron chi connectivity index (χ1n) is 6.02. The quantitative estimate of drug-likeness (QED) is 0.385. The van der Waals surface area contributed by atoms with Gasteiger partial charge in [-0.15, -0.1) is 0 Å². The van der Waals surface area contributed by atoms with Crippen LogP contribution in [0.2, 0.25) is 0 Å². The van der Waals surface area contributed by atoms with Gasteiger partial charge in [0.2, 0.25) is 6.04 Å². The highest BCUT2D eigenvalue weighted by atomic mass is 16.7. The zero-order valence-electron chi connectivity index (χ0n) is 11.6. The van der Waals surface area contributed by atoms with E-state index in [1.54, 1.807) is 20.8 Å². The molecule has 0 aromatic carbocycles. The van der Waals surface area contributed by atoms with E-state index in [2.05, 4.69) is 0 Å². The minimum atomic E-state index is -1.92. The van der Waals surface area contributed by atoms with Crippen LogP contribution in [-0.2, 0) is 19.2 Å². The lowest BCUT2D eigenvalue weighted by atomic mass is 10.1. The van der Waals surface area contributed by atoms with E-state index in [-0.39, 0.29) is 0 Å². The van der Waals surface area contributed by atoms with Gasteiger partial charge >= 0.3 is 11.9 Å². The number of carbonyl (C=O) groups is 3. The van der Waals surface area contributed by atoms with E-state index in [0.717, 1.165) is 5.06 Å². The fraction of sp³-hybridized carbons (Fsp3) is 0.750. The summed E-state index contributed by atoms with van der Waals surface area (Å²) in [6.07, 6.45) is 1.42. The Kier molecular flexibility index (Phi) is 6.64. The summed E-state index contributed by atoms with van der Waals surface area (Å²) in [5.41, 5.74) is -0.807. The Labute approximate surface area is 112 Å². The molecule has 0 heterocycles. The van der Waals surface area contributed by atoms with E-state index < -0.39 is 29.6 Å². The Morgan fingerprint density at radius 3 is 2.00 bits per heavy atom. The summed E-state index contributed by atoms with van der Waals surface area (Å²) in [5, 5.41) is 18.8. The number of aldehydes is 1. The van der Waals surface area contributed by atoms with Crippen LogP contribution in [0.5, 0.6) is 0 Å². The molecule has 0 aliphatic rings. The molecule has 0 saturated carbocycles. The topological polar surface area (TPSA) is 104 Å². The first-order chi connectivity index (χ1) is 8.64. The van der Waals surface area contributed by atoms with Gasteiger partial charge in [-0.3, -0.25) is 4.84 Å². The van der Waals surface area contributed by atoms with Gasteiger partial charge in [-0.25, -0.2) is 9.59 Å². The molecule has 0 aliphatic carbocycles. The van der Waals surface area contributed by atoms with Crippen LogP contribution in [0.1, 0.15) is 40.5 Å². The number of hydrogen-bond acceptors (Lipinski definition) is 5. The molecule has 0 bridgehead atoms. The first kappa shape index (κ1) is 17.5. The average Bonchev–Trinajstić information content (AvgIpc) is 2.21. The molecule has 0 spiro atoms. The Hall–Kier alpha value is -1.47. The predicted molar refractivity (Wildman–Crippen MR) is 66.5 cm³/mol. The van der Waals surface area contributed by atoms with Gasteiger partial charge in [0.05, 0.1) is 11.6 Å². The summed E-state index contributed by atoms with van der Waals surface area (Å²) in [4.78, 5) is 38.6. The van der Waals surface area contributed by atoms with Crippen molar-refractivity contribution in [3.05, 3.63) is 0 Å². The molecule has 0 aliphatic heterocycles. The van der Waals surface area contributed by atoms with Gasteiger partial charge in [0.25, 0.3) is 0 Å². The predicted octanol–water partition coefficient (Wildman–Crippen LogP) is 0.924. The Morgan fingerprint density at radius 1 is 1.26 bits per heavy atom. The lowest BCUT2D eigenvalue weighted by Crippen LogP contribution is -2.54. The summed E-state index contributed by atoms with van der Waals surface area (Å²) in [6, 6.07) is -2.83. The van der Waals surface area contributed by atoms with Crippen molar-refractivity contribution in [3.63, 3.8) is 0 Å². The third-order valence-electron chi connectivity index (χ3n) is 2.17. The van der Waals surface area contributed by atoms with Crippen molar-refractivity contribution in [3.8, 4) is 0 Å². The van der Waals surface area contributed by atoms with Crippen molar-refractivity contribution >= 4 is 18.2 Å². The minimum Gasteiger partial charge on any atom is -0.480 e. The number of carboxylic acid groups (broad SMARTS) is 2. The Morgan fingerprint density at radius 2 is 1.74 bits per heavy atom. The largest absolute Gasteiger partial charge is 0.480 e. The van der Waals surface area contributed by atoms with Crippen LogP contribution in [0.25, 0.3) is 0 Å². The van der Waals surface area contributed by atoms with E-state index in [1.807, 2.05) is 6.92 Å². The molecule has 0 amide bonds. The number of rotatable bonds is 8. The summed E-state index contributed by atoms with van der Waals surface area (Å²) in [7, 11) is 0. The van der Waals surface area contributed by atoms with Gasteiger partial charge in [-0.2, -0.15) is 5.06 Å². The number of carbonyl (C=O) groups excluding carboxylic acids is 1. The second-order valence-electron chi connectivity index (χ2n) is 5.13. The fourth-order valence-corrected chi connectivity index (χ4v) is 1.50. The van der Waals surface area contributed by atoms with E-state index in [9.17, 15) is 14.4 Å². The molecule has 0 rings (SSSR count). The summed E-state index contributed by atoms with van der Waals surface area (Å²) in [5.74, 6) is -3.14. The number of hydroxylamine groups is 2. The SMILES string of the molecule is CCCC(C=O)N(OC(C)(C)C)C(C(=O)O)C(=O)O. The number of aliphatic carboxylic acids is 2. The third-order valence-corrected chi connectivity index (χ3v) is 2.17. The molecule has 19 heavy (non-hydrogen) atoms. The maximum atomic E-state index is 11.1. The molecular weight excluding hydrogens is 254 g/mol. The van der Waals surface area contributed by atoms with Crippen LogP contribution >= 0.6 is 0 Å². The molecule has 0 aromatic rings. The summed E-state index contributed by atoms with van der Waals surface area (Å²) in [6.45, 7) is 6.75. The second kappa shape index (κ2) is 7.20. The molecule has 0 aromatic heterocycles. The van der Waals surface area contributed by atoms with Gasteiger partial charge in [0.1, 0.15) is 6.29 Å². The average molecular weight is 275 g/mol. The van der Waals surface area contributed by atoms with Crippen molar-refractivity contribution in [2.75, 3.05) is 0 Å². The molecule has 7 nitrogen and oxygen atoms in total. The summed E-state index contributed by atoms with van der Waals surface area (Å²) < 4.78 is 0. The van der Waals surface area contributed by atoms with Crippen molar-refractivity contribution in [2.45, 2.75) is 58.2 Å². The zero-order valence-corrected chi connectivity index (χ0v) is 11.6. The normalized spacial score (nSPS) is 13.6. The zero-order chi connectivity index (χ0) is 15.2. The van der Waals surface area contributed by atoms with Gasteiger partial charge in [0.15, 0.2) is 0 Å². The highest BCUT2D eigenvalue weighted by molar-refractivity contribution is 5.97. The highest BCUT2D eigenvalue weighted by Gasteiger charge is 2.40. The standard InChI is InChI=1S/C12H21NO6/c1-5-6-8(7-14)13(19-12(2,3)4)9(10(15)16)11(17)18/h7-9H,5-6H2,1-4H3,(H,15,16)(H,17,18). The Bertz CT molecular complexity index is 322. The van der Waals surface area contributed by atoms with E-state index in [1.165, 1.54) is 0 Å². The Balaban J connectivity index is 5.39. The summed E-state index contributed by atoms with van der Waals surface area (Å²) >= 11 is 0. The van der Waals surface area contributed by atoms with Crippen LogP contribution in [0.15, 0.2) is 0 Å². The lowest BCUT2D eigenvalue weighted by Gasteiger charge is -2.35. The number of carboxylic acids is 2. The van der Waals surface area contributed by atoms with Crippen LogP contribution in [0.3, 0.4) is 0 Å². The second-order valence-corrected chi connectivity index (χ2v) is 5.13.